The van der Waals surface area contributed by atoms with Crippen molar-refractivity contribution in [1.29, 1.82) is 0 Å². The molecule has 1 saturated heterocycles. The van der Waals surface area contributed by atoms with Crippen molar-refractivity contribution < 1.29 is 9.57 Å². The van der Waals surface area contributed by atoms with E-state index in [-0.39, 0.29) is 5.60 Å². The number of aryl methyl sites for hydroxylation is 2. The Bertz CT molecular complexity index is 876. The smallest absolute Gasteiger partial charge is 0.159 e. The second kappa shape index (κ2) is 5.96. The monoisotopic (exact) mass is 355 g/mol. The molecule has 1 unspecified atom stereocenters. The minimum atomic E-state index is -0.348. The van der Waals surface area contributed by atoms with Crippen LogP contribution in [0.15, 0.2) is 12.3 Å². The molecule has 138 valence electrons. The predicted molar refractivity (Wildman–Crippen MR) is 99.5 cm³/mol. The Morgan fingerprint density at radius 3 is 2.96 bits per heavy atom. The van der Waals surface area contributed by atoms with Gasteiger partial charge in [0.25, 0.3) is 0 Å². The lowest BCUT2D eigenvalue weighted by atomic mass is 10.00. The van der Waals surface area contributed by atoms with E-state index >= 15 is 0 Å². The highest BCUT2D eigenvalue weighted by molar-refractivity contribution is 5.97. The first-order chi connectivity index (χ1) is 12.7. The number of aromatic nitrogens is 3. The minimum absolute atomic E-state index is 0.348. The fourth-order valence-electron chi connectivity index (χ4n) is 4.41. The lowest BCUT2D eigenvalue weighted by molar-refractivity contribution is -0.0373. The average molecular weight is 355 g/mol. The average Bonchev–Trinajstić information content (AvgIpc) is 3.40. The van der Waals surface area contributed by atoms with Crippen LogP contribution in [0.3, 0.4) is 0 Å². The standard InChI is InChI=1S/C19H25N5O2/c1-12-16-17(21-13-5-3-4-6-13)14(10-20-18(16)24(2)22-12)15-9-19(26-23-15)7-8-25-11-19/h9-10,13,23H,3-8,11H2,1-2H3,(H,20,21). The number of hydrogen-bond acceptors (Lipinski definition) is 6. The van der Waals surface area contributed by atoms with E-state index in [9.17, 15) is 0 Å². The molecule has 1 saturated carbocycles. The van der Waals surface area contributed by atoms with E-state index in [0.29, 0.717) is 12.6 Å². The van der Waals surface area contributed by atoms with Crippen molar-refractivity contribution >= 4 is 22.4 Å². The van der Waals surface area contributed by atoms with Crippen molar-refractivity contribution in [3.05, 3.63) is 23.5 Å². The number of nitrogens with one attached hydrogen (secondary N) is 2. The minimum Gasteiger partial charge on any atom is -0.381 e. The van der Waals surface area contributed by atoms with Crippen LogP contribution in [-0.4, -0.2) is 39.6 Å². The molecule has 26 heavy (non-hydrogen) atoms. The van der Waals surface area contributed by atoms with Crippen molar-refractivity contribution in [1.82, 2.24) is 20.2 Å². The third-order valence-electron chi connectivity index (χ3n) is 5.81. The molecule has 3 aliphatic rings. The maximum atomic E-state index is 5.90. The van der Waals surface area contributed by atoms with Crippen LogP contribution in [0.4, 0.5) is 5.69 Å². The number of nitrogens with zero attached hydrogens (tertiary/aromatic N) is 3. The van der Waals surface area contributed by atoms with Crippen LogP contribution in [-0.2, 0) is 16.6 Å². The zero-order chi connectivity index (χ0) is 17.7. The molecular weight excluding hydrogens is 330 g/mol. The summed E-state index contributed by atoms with van der Waals surface area (Å²) in [7, 11) is 1.95. The highest BCUT2D eigenvalue weighted by atomic mass is 16.7. The molecule has 1 atom stereocenters. The molecule has 0 aromatic carbocycles. The van der Waals surface area contributed by atoms with Gasteiger partial charge in [-0.3, -0.25) is 15.0 Å². The summed E-state index contributed by atoms with van der Waals surface area (Å²) in [5.74, 6) is 0. The number of fused-ring (bicyclic) bond motifs is 1. The molecule has 0 bridgehead atoms. The maximum absolute atomic E-state index is 5.90. The van der Waals surface area contributed by atoms with E-state index in [1.54, 1.807) is 0 Å². The lowest BCUT2D eigenvalue weighted by Gasteiger charge is -2.19. The molecule has 2 fully saturated rings. The second-order valence-electron chi connectivity index (χ2n) is 7.71. The summed E-state index contributed by atoms with van der Waals surface area (Å²) < 4.78 is 7.40. The number of ether oxygens (including phenoxy) is 1. The molecule has 2 aromatic heterocycles. The van der Waals surface area contributed by atoms with E-state index in [1.165, 1.54) is 25.7 Å². The summed E-state index contributed by atoms with van der Waals surface area (Å²) >= 11 is 0. The lowest BCUT2D eigenvalue weighted by Crippen LogP contribution is -2.29. The van der Waals surface area contributed by atoms with Gasteiger partial charge in [-0.15, -0.1) is 0 Å². The summed E-state index contributed by atoms with van der Waals surface area (Å²) in [5.41, 5.74) is 7.82. The van der Waals surface area contributed by atoms with Crippen LogP contribution in [0, 0.1) is 6.92 Å². The highest BCUT2D eigenvalue weighted by Gasteiger charge is 2.40. The SMILES string of the molecule is Cc1nn(C)c2ncc(C3=CC4(CCOC4)ON3)c(NC3CCCC3)c12. The van der Waals surface area contributed by atoms with Crippen LogP contribution < -0.4 is 10.8 Å². The van der Waals surface area contributed by atoms with Crippen molar-refractivity contribution in [2.75, 3.05) is 18.5 Å². The first-order valence-electron chi connectivity index (χ1n) is 9.49. The highest BCUT2D eigenvalue weighted by Crippen LogP contribution is 2.38. The van der Waals surface area contributed by atoms with Gasteiger partial charge in [-0.1, -0.05) is 12.8 Å². The Hall–Kier alpha value is -2.12. The van der Waals surface area contributed by atoms with E-state index in [4.69, 9.17) is 9.57 Å². The molecule has 2 aliphatic heterocycles. The zero-order valence-electron chi connectivity index (χ0n) is 15.3. The summed E-state index contributed by atoms with van der Waals surface area (Å²) in [5, 5.41) is 9.49. The first kappa shape index (κ1) is 16.1. The van der Waals surface area contributed by atoms with Crippen molar-refractivity contribution in [2.45, 2.75) is 50.7 Å². The van der Waals surface area contributed by atoms with Crippen LogP contribution in [0.5, 0.6) is 0 Å². The number of rotatable bonds is 3. The van der Waals surface area contributed by atoms with Gasteiger partial charge in [0.05, 0.1) is 29.1 Å². The van der Waals surface area contributed by atoms with E-state index < -0.39 is 0 Å². The maximum Gasteiger partial charge on any atom is 0.159 e. The predicted octanol–water partition coefficient (Wildman–Crippen LogP) is 2.67. The molecule has 0 amide bonds. The Morgan fingerprint density at radius 2 is 2.19 bits per heavy atom. The number of hydroxylamine groups is 1. The Balaban J connectivity index is 1.63. The topological polar surface area (TPSA) is 73.2 Å². The Kier molecular flexibility index (Phi) is 3.68. The van der Waals surface area contributed by atoms with Gasteiger partial charge in [0.1, 0.15) is 5.60 Å². The third kappa shape index (κ3) is 2.49. The third-order valence-corrected chi connectivity index (χ3v) is 5.81. The molecule has 1 aliphatic carbocycles. The molecule has 1 spiro atoms. The van der Waals surface area contributed by atoms with Gasteiger partial charge in [-0.25, -0.2) is 4.98 Å². The van der Waals surface area contributed by atoms with Crippen molar-refractivity contribution in [2.24, 2.45) is 7.05 Å². The molecule has 0 radical (unpaired) electrons. The first-order valence-corrected chi connectivity index (χ1v) is 9.49. The van der Waals surface area contributed by atoms with Gasteiger partial charge >= 0.3 is 0 Å². The normalized spacial score (nSPS) is 26.0. The van der Waals surface area contributed by atoms with Crippen LogP contribution in [0.1, 0.15) is 43.4 Å². The summed E-state index contributed by atoms with van der Waals surface area (Å²) in [4.78, 5) is 10.6. The molecule has 4 heterocycles. The molecule has 7 heteroatoms. The van der Waals surface area contributed by atoms with E-state index in [1.807, 2.05) is 24.9 Å². The van der Waals surface area contributed by atoms with E-state index in [0.717, 1.165) is 46.7 Å². The van der Waals surface area contributed by atoms with Crippen LogP contribution >= 0.6 is 0 Å². The number of anilines is 1. The van der Waals surface area contributed by atoms with Crippen LogP contribution in [0.25, 0.3) is 16.7 Å². The second-order valence-corrected chi connectivity index (χ2v) is 7.71. The fraction of sp³-hybridized carbons (Fsp3) is 0.579. The van der Waals surface area contributed by atoms with Crippen LogP contribution in [0.2, 0.25) is 0 Å². The van der Waals surface area contributed by atoms with Gasteiger partial charge < -0.3 is 10.1 Å². The summed E-state index contributed by atoms with van der Waals surface area (Å²) in [6.45, 7) is 3.38. The molecule has 5 rings (SSSR count). The number of pyridine rings is 1. The fourth-order valence-corrected chi connectivity index (χ4v) is 4.41. The molecule has 2 aromatic rings. The van der Waals surface area contributed by atoms with Gasteiger partial charge in [0, 0.05) is 37.9 Å². The van der Waals surface area contributed by atoms with Gasteiger partial charge in [-0.05, 0) is 25.8 Å². The molecule has 2 N–H and O–H groups in total. The number of hydrogen-bond donors (Lipinski definition) is 2. The van der Waals surface area contributed by atoms with Crippen molar-refractivity contribution in [3.8, 4) is 0 Å². The Morgan fingerprint density at radius 1 is 1.35 bits per heavy atom. The largest absolute Gasteiger partial charge is 0.381 e. The quantitative estimate of drug-likeness (QED) is 0.882. The van der Waals surface area contributed by atoms with Crippen molar-refractivity contribution in [3.63, 3.8) is 0 Å². The zero-order valence-corrected chi connectivity index (χ0v) is 15.3. The Labute approximate surface area is 152 Å². The molecule has 7 nitrogen and oxygen atoms in total. The van der Waals surface area contributed by atoms with Gasteiger partial charge in [-0.2, -0.15) is 5.10 Å². The molecular formula is C19H25N5O2. The summed E-state index contributed by atoms with van der Waals surface area (Å²) in [6.07, 6.45) is 9.96. The summed E-state index contributed by atoms with van der Waals surface area (Å²) in [6, 6.07) is 0.505. The van der Waals surface area contributed by atoms with Gasteiger partial charge in [0.15, 0.2) is 5.65 Å². The van der Waals surface area contributed by atoms with E-state index in [2.05, 4.69) is 27.0 Å². The van der Waals surface area contributed by atoms with Gasteiger partial charge in [0.2, 0.25) is 0 Å².